The van der Waals surface area contributed by atoms with E-state index in [-0.39, 0.29) is 11.9 Å². The predicted molar refractivity (Wildman–Crippen MR) is 132 cm³/mol. The van der Waals surface area contributed by atoms with Crippen LogP contribution in [0, 0.1) is 5.82 Å². The zero-order chi connectivity index (χ0) is 23.1. The molecule has 6 rings (SSSR count). The quantitative estimate of drug-likeness (QED) is 0.319. The molecule has 4 N–H and O–H groups in total. The van der Waals surface area contributed by atoms with Crippen molar-refractivity contribution in [2.45, 2.75) is 50.7 Å². The molecule has 4 heterocycles. The minimum absolute atomic E-state index is 0.213. The van der Waals surface area contributed by atoms with Crippen LogP contribution in [0.1, 0.15) is 56.3 Å². The highest BCUT2D eigenvalue weighted by atomic mass is 19.1. The topological polar surface area (TPSA) is 81.4 Å². The van der Waals surface area contributed by atoms with Crippen LogP contribution in [0.5, 0.6) is 0 Å². The Bertz CT molecular complexity index is 1280. The van der Waals surface area contributed by atoms with Gasteiger partial charge in [0, 0.05) is 11.6 Å². The summed E-state index contributed by atoms with van der Waals surface area (Å²) in [5.41, 5.74) is 5.13. The summed E-state index contributed by atoms with van der Waals surface area (Å²) >= 11 is 0. The van der Waals surface area contributed by atoms with Crippen molar-refractivity contribution in [1.29, 1.82) is 0 Å². The molecule has 174 valence electrons. The van der Waals surface area contributed by atoms with Crippen LogP contribution in [0.2, 0.25) is 0 Å². The zero-order valence-electron chi connectivity index (χ0n) is 19.2. The van der Waals surface area contributed by atoms with Crippen LogP contribution in [0.3, 0.4) is 0 Å². The Morgan fingerprint density at radius 3 is 2.21 bits per heavy atom. The van der Waals surface area contributed by atoms with E-state index in [0.29, 0.717) is 23.3 Å². The first-order valence-electron chi connectivity index (χ1n) is 12.1. The Balaban J connectivity index is 1.19. The van der Waals surface area contributed by atoms with Gasteiger partial charge in [-0.3, -0.25) is 0 Å². The van der Waals surface area contributed by atoms with E-state index in [1.165, 1.54) is 6.42 Å². The van der Waals surface area contributed by atoms with Gasteiger partial charge >= 0.3 is 0 Å². The van der Waals surface area contributed by atoms with E-state index in [4.69, 9.17) is 0 Å². The number of rotatable bonds is 5. The van der Waals surface area contributed by atoms with Gasteiger partial charge in [0.05, 0.1) is 35.9 Å². The molecule has 2 aromatic heterocycles. The average molecular weight is 457 g/mol. The fraction of sp³-hybridized carbons (Fsp3) is 0.333. The Labute approximate surface area is 198 Å². The number of nitrogens with zero attached hydrogens (tertiary/aromatic N) is 2. The number of hydrogen-bond donors (Lipinski definition) is 4. The fourth-order valence-electron chi connectivity index (χ4n) is 5.13. The summed E-state index contributed by atoms with van der Waals surface area (Å²) in [7, 11) is 0. The molecule has 4 aromatic rings. The van der Waals surface area contributed by atoms with Crippen LogP contribution in [0.15, 0.2) is 54.9 Å². The van der Waals surface area contributed by atoms with Gasteiger partial charge in [-0.15, -0.1) is 0 Å². The molecule has 0 spiro atoms. The highest BCUT2D eigenvalue weighted by Gasteiger charge is 2.24. The number of halogens is 1. The van der Waals surface area contributed by atoms with Gasteiger partial charge in [-0.05, 0) is 68.0 Å². The molecular formula is C27H29FN6. The molecule has 0 bridgehead atoms. The maximum Gasteiger partial charge on any atom is 0.133 e. The number of aromatic nitrogens is 4. The van der Waals surface area contributed by atoms with Crippen LogP contribution in [-0.4, -0.2) is 32.5 Å². The Morgan fingerprint density at radius 1 is 0.794 bits per heavy atom. The lowest BCUT2D eigenvalue weighted by molar-refractivity contribution is 0.564. The normalized spacial score (nSPS) is 22.5. The van der Waals surface area contributed by atoms with Crippen molar-refractivity contribution in [3.05, 3.63) is 72.3 Å². The summed E-state index contributed by atoms with van der Waals surface area (Å²) in [5, 5.41) is 6.98. The second kappa shape index (κ2) is 8.81. The number of aromatic amines is 2. The highest BCUT2D eigenvalue weighted by Crippen LogP contribution is 2.31. The minimum Gasteiger partial charge on any atom is -0.341 e. The monoisotopic (exact) mass is 456 g/mol. The van der Waals surface area contributed by atoms with Crippen molar-refractivity contribution < 1.29 is 4.39 Å². The fourth-order valence-corrected chi connectivity index (χ4v) is 5.13. The maximum atomic E-state index is 15.1. The molecule has 2 fully saturated rings. The molecule has 0 radical (unpaired) electrons. The summed E-state index contributed by atoms with van der Waals surface area (Å²) in [4.78, 5) is 15.8. The smallest absolute Gasteiger partial charge is 0.133 e. The van der Waals surface area contributed by atoms with Gasteiger partial charge in [-0.2, -0.15) is 0 Å². The second-order valence-corrected chi connectivity index (χ2v) is 9.48. The van der Waals surface area contributed by atoms with Crippen molar-refractivity contribution in [3.63, 3.8) is 0 Å². The van der Waals surface area contributed by atoms with E-state index in [1.807, 2.05) is 30.5 Å². The molecule has 6 nitrogen and oxygen atoms in total. The van der Waals surface area contributed by atoms with E-state index in [0.717, 1.165) is 59.8 Å². The zero-order valence-corrected chi connectivity index (χ0v) is 19.2. The third-order valence-corrected chi connectivity index (χ3v) is 7.07. The molecule has 0 amide bonds. The van der Waals surface area contributed by atoms with Crippen LogP contribution in [0.4, 0.5) is 4.39 Å². The standard InChI is InChI=1S/C27H29FN6/c1-16-4-11-23(32-16)27-31-15-25(34-27)20-10-9-19(13-21(20)28)17-5-7-18(8-6-17)24-14-30-26(33-24)22-3-2-12-29-22/h5-10,13-16,22-23,29,32H,2-4,11-12H2,1H3,(H,30,33)(H,31,34). The molecule has 7 heteroatoms. The summed E-state index contributed by atoms with van der Waals surface area (Å²) in [6.45, 7) is 3.22. The third kappa shape index (κ3) is 4.06. The van der Waals surface area contributed by atoms with E-state index < -0.39 is 0 Å². The van der Waals surface area contributed by atoms with Crippen LogP contribution >= 0.6 is 0 Å². The van der Waals surface area contributed by atoms with E-state index in [2.05, 4.69) is 49.6 Å². The Morgan fingerprint density at radius 2 is 1.50 bits per heavy atom. The number of nitrogens with one attached hydrogen (secondary N) is 4. The van der Waals surface area contributed by atoms with E-state index in [9.17, 15) is 0 Å². The second-order valence-electron chi connectivity index (χ2n) is 9.48. The van der Waals surface area contributed by atoms with Gasteiger partial charge in [0.2, 0.25) is 0 Å². The van der Waals surface area contributed by atoms with Gasteiger partial charge in [0.25, 0.3) is 0 Å². The van der Waals surface area contributed by atoms with Crippen LogP contribution < -0.4 is 10.6 Å². The average Bonchev–Trinajstić information content (AvgIpc) is 3.66. The lowest BCUT2D eigenvalue weighted by atomic mass is 10.0. The first kappa shape index (κ1) is 21.3. The molecule has 2 aliphatic heterocycles. The first-order chi connectivity index (χ1) is 16.6. The Kier molecular flexibility index (Phi) is 5.51. The van der Waals surface area contributed by atoms with Gasteiger partial charge in [0.1, 0.15) is 17.5 Å². The molecule has 3 atom stereocenters. The molecule has 2 saturated heterocycles. The van der Waals surface area contributed by atoms with Crippen molar-refractivity contribution in [2.75, 3.05) is 6.54 Å². The largest absolute Gasteiger partial charge is 0.341 e. The number of hydrogen-bond acceptors (Lipinski definition) is 4. The number of benzene rings is 2. The van der Waals surface area contributed by atoms with Crippen molar-refractivity contribution in [2.24, 2.45) is 0 Å². The van der Waals surface area contributed by atoms with E-state index in [1.54, 1.807) is 12.3 Å². The highest BCUT2D eigenvalue weighted by molar-refractivity contribution is 5.72. The summed E-state index contributed by atoms with van der Waals surface area (Å²) in [5.74, 6) is 1.62. The maximum absolute atomic E-state index is 15.1. The molecule has 3 unspecified atom stereocenters. The summed E-state index contributed by atoms with van der Waals surface area (Å²) in [6, 6.07) is 14.6. The lowest BCUT2D eigenvalue weighted by Crippen LogP contribution is -2.21. The lowest BCUT2D eigenvalue weighted by Gasteiger charge is -2.09. The van der Waals surface area contributed by atoms with Crippen molar-refractivity contribution in [3.8, 4) is 33.6 Å². The minimum atomic E-state index is -0.258. The molecule has 0 saturated carbocycles. The van der Waals surface area contributed by atoms with Gasteiger partial charge < -0.3 is 20.6 Å². The van der Waals surface area contributed by atoms with Crippen LogP contribution in [-0.2, 0) is 0 Å². The first-order valence-corrected chi connectivity index (χ1v) is 12.1. The van der Waals surface area contributed by atoms with Crippen molar-refractivity contribution >= 4 is 0 Å². The third-order valence-electron chi connectivity index (χ3n) is 7.07. The summed E-state index contributed by atoms with van der Waals surface area (Å²) < 4.78 is 15.1. The SMILES string of the molecule is CC1CCC(c2ncc(-c3ccc(-c4ccc(-c5cnc(C6CCCN6)[nH]5)cc4)cc3F)[nH]2)N1. The molecule has 2 aromatic carbocycles. The molecule has 2 aliphatic rings. The molecule has 0 aliphatic carbocycles. The predicted octanol–water partition coefficient (Wildman–Crippen LogP) is 5.51. The Hall–Kier alpha value is -3.29. The van der Waals surface area contributed by atoms with Gasteiger partial charge in [-0.1, -0.05) is 30.3 Å². The molecular weight excluding hydrogens is 427 g/mol. The summed E-state index contributed by atoms with van der Waals surface area (Å²) in [6.07, 6.45) is 8.09. The number of imidazole rings is 2. The van der Waals surface area contributed by atoms with Gasteiger partial charge in [-0.25, -0.2) is 14.4 Å². The van der Waals surface area contributed by atoms with Crippen molar-refractivity contribution in [1.82, 2.24) is 30.6 Å². The molecule has 34 heavy (non-hydrogen) atoms. The van der Waals surface area contributed by atoms with Crippen LogP contribution in [0.25, 0.3) is 33.6 Å². The van der Waals surface area contributed by atoms with E-state index >= 15 is 4.39 Å². The van der Waals surface area contributed by atoms with Gasteiger partial charge in [0.15, 0.2) is 0 Å². The number of H-pyrrole nitrogens is 2.